The Balaban J connectivity index is 1.48. The fourth-order valence-corrected chi connectivity index (χ4v) is 3.76. The van der Waals surface area contributed by atoms with Crippen LogP contribution in [0, 0.1) is 13.8 Å². The number of nitrogens with zero attached hydrogens (tertiary/aromatic N) is 3. The molecule has 1 aliphatic heterocycles. The van der Waals surface area contributed by atoms with Gasteiger partial charge in [-0.25, -0.2) is 0 Å². The maximum atomic E-state index is 12.2. The third-order valence-electron chi connectivity index (χ3n) is 4.11. The number of hydrogen-bond donors (Lipinski definition) is 2. The van der Waals surface area contributed by atoms with Crippen molar-refractivity contribution in [3.63, 3.8) is 0 Å². The number of hydrazine groups is 1. The van der Waals surface area contributed by atoms with Crippen LogP contribution in [0.1, 0.15) is 17.8 Å². The second-order valence-electron chi connectivity index (χ2n) is 6.23. The molecule has 0 aliphatic carbocycles. The molecule has 142 valence electrons. The summed E-state index contributed by atoms with van der Waals surface area (Å²) in [5, 5.41) is 4.20. The van der Waals surface area contributed by atoms with Crippen LogP contribution in [0.3, 0.4) is 0 Å². The van der Waals surface area contributed by atoms with Gasteiger partial charge < -0.3 is 4.90 Å². The third-order valence-corrected chi connectivity index (χ3v) is 5.16. The Kier molecular flexibility index (Phi) is 5.80. The highest BCUT2D eigenvalue weighted by molar-refractivity contribution is 8.00. The molecule has 0 spiro atoms. The zero-order valence-electron chi connectivity index (χ0n) is 15.2. The van der Waals surface area contributed by atoms with Gasteiger partial charge in [0.1, 0.15) is 6.54 Å². The van der Waals surface area contributed by atoms with E-state index in [0.29, 0.717) is 5.75 Å². The zero-order chi connectivity index (χ0) is 19.4. The van der Waals surface area contributed by atoms with E-state index in [1.165, 1.54) is 11.8 Å². The quantitative estimate of drug-likeness (QED) is 0.751. The number of thioether (sulfide) groups is 1. The summed E-state index contributed by atoms with van der Waals surface area (Å²) in [5.41, 5.74) is 7.28. The van der Waals surface area contributed by atoms with Crippen molar-refractivity contribution in [3.05, 3.63) is 41.7 Å². The highest BCUT2D eigenvalue weighted by Gasteiger charge is 2.24. The first-order valence-corrected chi connectivity index (χ1v) is 9.53. The fraction of sp³-hybridized carbons (Fsp3) is 0.333. The van der Waals surface area contributed by atoms with Crippen LogP contribution in [0.25, 0.3) is 0 Å². The van der Waals surface area contributed by atoms with Crippen molar-refractivity contribution in [2.45, 2.75) is 31.7 Å². The molecule has 0 atom stereocenters. The highest BCUT2D eigenvalue weighted by Crippen LogP contribution is 2.34. The molecular weight excluding hydrogens is 366 g/mol. The Bertz CT molecular complexity index is 880. The Morgan fingerprint density at radius 1 is 1.19 bits per heavy atom. The zero-order valence-corrected chi connectivity index (χ0v) is 16.0. The van der Waals surface area contributed by atoms with Gasteiger partial charge in [-0.1, -0.05) is 12.1 Å². The van der Waals surface area contributed by atoms with E-state index in [4.69, 9.17) is 0 Å². The summed E-state index contributed by atoms with van der Waals surface area (Å²) in [5.74, 6) is -0.400. The summed E-state index contributed by atoms with van der Waals surface area (Å²) < 4.78 is 1.57. The number of hydrogen-bond acceptors (Lipinski definition) is 5. The van der Waals surface area contributed by atoms with Gasteiger partial charge in [-0.15, -0.1) is 11.8 Å². The minimum atomic E-state index is -0.370. The van der Waals surface area contributed by atoms with Gasteiger partial charge in [0, 0.05) is 23.6 Å². The molecule has 0 saturated heterocycles. The number of nitrogens with one attached hydrogen (secondary N) is 2. The number of carbonyl (C=O) groups is 3. The molecular formula is C18H21N5O3S. The van der Waals surface area contributed by atoms with Gasteiger partial charge in [-0.3, -0.25) is 29.9 Å². The number of aryl methyl sites for hydroxylation is 2. The lowest BCUT2D eigenvalue weighted by Gasteiger charge is -2.28. The van der Waals surface area contributed by atoms with Crippen molar-refractivity contribution >= 4 is 35.2 Å². The Labute approximate surface area is 161 Å². The normalized spacial score (nSPS) is 13.3. The summed E-state index contributed by atoms with van der Waals surface area (Å²) in [6.07, 6.45) is 0.0882. The van der Waals surface area contributed by atoms with Crippen LogP contribution in [0.2, 0.25) is 0 Å². The molecule has 0 unspecified atom stereocenters. The second-order valence-corrected chi connectivity index (χ2v) is 7.25. The summed E-state index contributed by atoms with van der Waals surface area (Å²) >= 11 is 1.50. The van der Waals surface area contributed by atoms with Gasteiger partial charge in [0.25, 0.3) is 5.91 Å². The van der Waals surface area contributed by atoms with E-state index in [9.17, 15) is 14.4 Å². The van der Waals surface area contributed by atoms with Crippen LogP contribution < -0.4 is 15.8 Å². The number of anilines is 1. The average molecular weight is 387 g/mol. The lowest BCUT2D eigenvalue weighted by atomic mass is 10.2. The van der Waals surface area contributed by atoms with Gasteiger partial charge >= 0.3 is 0 Å². The van der Waals surface area contributed by atoms with E-state index >= 15 is 0 Å². The summed E-state index contributed by atoms with van der Waals surface area (Å²) in [4.78, 5) is 38.8. The lowest BCUT2D eigenvalue weighted by molar-refractivity contribution is -0.129. The van der Waals surface area contributed by atoms with Crippen molar-refractivity contribution in [3.8, 4) is 0 Å². The van der Waals surface area contributed by atoms with Crippen molar-refractivity contribution in [2.75, 3.05) is 17.2 Å². The molecule has 0 fully saturated rings. The summed E-state index contributed by atoms with van der Waals surface area (Å²) in [6, 6.07) is 9.49. The number of fused-ring (bicyclic) bond motifs is 1. The van der Waals surface area contributed by atoms with E-state index in [2.05, 4.69) is 16.0 Å². The van der Waals surface area contributed by atoms with E-state index < -0.39 is 0 Å². The maximum absolute atomic E-state index is 12.2. The van der Waals surface area contributed by atoms with Crippen molar-refractivity contribution in [1.29, 1.82) is 0 Å². The summed E-state index contributed by atoms with van der Waals surface area (Å²) in [7, 11) is 0. The van der Waals surface area contributed by atoms with Gasteiger partial charge in [-0.2, -0.15) is 5.10 Å². The number of benzene rings is 1. The molecule has 1 aliphatic rings. The van der Waals surface area contributed by atoms with Crippen LogP contribution >= 0.6 is 11.8 Å². The highest BCUT2D eigenvalue weighted by atomic mass is 32.2. The van der Waals surface area contributed by atoms with E-state index in [-0.39, 0.29) is 37.2 Å². The number of aromatic nitrogens is 2. The Hall–Kier alpha value is -2.81. The van der Waals surface area contributed by atoms with E-state index in [0.717, 1.165) is 22.0 Å². The number of rotatable bonds is 5. The summed E-state index contributed by atoms with van der Waals surface area (Å²) in [6.45, 7) is 3.99. The molecule has 2 aromatic rings. The van der Waals surface area contributed by atoms with Crippen molar-refractivity contribution in [1.82, 2.24) is 20.6 Å². The van der Waals surface area contributed by atoms with Crippen molar-refractivity contribution < 1.29 is 14.4 Å². The molecule has 0 radical (unpaired) electrons. The molecule has 9 heteroatoms. The molecule has 1 aromatic heterocycles. The molecule has 1 aromatic carbocycles. The lowest BCUT2D eigenvalue weighted by Crippen LogP contribution is -2.45. The molecule has 0 saturated carbocycles. The molecule has 0 bridgehead atoms. The molecule has 2 heterocycles. The smallest absolute Gasteiger partial charge is 0.260 e. The molecule has 3 amide bonds. The predicted octanol–water partition coefficient (Wildman–Crippen LogP) is 1.18. The van der Waals surface area contributed by atoms with E-state index in [1.807, 2.05) is 44.2 Å². The minimum Gasteiger partial charge on any atom is -0.310 e. The van der Waals surface area contributed by atoms with Crippen LogP contribution in [0.4, 0.5) is 5.69 Å². The first kappa shape index (κ1) is 19.0. The van der Waals surface area contributed by atoms with Gasteiger partial charge in [0.15, 0.2) is 0 Å². The number of carbonyl (C=O) groups excluding carboxylic acids is 3. The molecule has 27 heavy (non-hydrogen) atoms. The molecule has 3 rings (SSSR count). The van der Waals surface area contributed by atoms with Crippen LogP contribution in [-0.2, 0) is 20.9 Å². The van der Waals surface area contributed by atoms with Crippen molar-refractivity contribution in [2.24, 2.45) is 0 Å². The average Bonchev–Trinajstić information content (AvgIpc) is 2.96. The second kappa shape index (κ2) is 8.26. The standard InChI is InChI=1S/C18H21N5O3S/c1-12-9-13(2)23(21-12)10-17(25)20-19-16(24)7-8-22-14-5-3-4-6-15(14)27-11-18(22)26/h3-6,9H,7-8,10-11H2,1-2H3,(H,19,24)(H,20,25). The fourth-order valence-electron chi connectivity index (χ4n) is 2.82. The number of para-hydroxylation sites is 1. The topological polar surface area (TPSA) is 96.3 Å². The molecule has 8 nitrogen and oxygen atoms in total. The molecule has 2 N–H and O–H groups in total. The predicted molar refractivity (Wildman–Crippen MR) is 102 cm³/mol. The van der Waals surface area contributed by atoms with Gasteiger partial charge in [0.05, 0.1) is 17.1 Å². The van der Waals surface area contributed by atoms with Crippen LogP contribution in [0.5, 0.6) is 0 Å². The Morgan fingerprint density at radius 3 is 2.67 bits per heavy atom. The SMILES string of the molecule is Cc1cc(C)n(CC(=O)NNC(=O)CCN2C(=O)CSc3ccccc32)n1. The first-order chi connectivity index (χ1) is 12.9. The first-order valence-electron chi connectivity index (χ1n) is 8.55. The largest absolute Gasteiger partial charge is 0.310 e. The van der Waals surface area contributed by atoms with E-state index in [1.54, 1.807) is 9.58 Å². The minimum absolute atomic E-state index is 0.0230. The van der Waals surface area contributed by atoms with Crippen LogP contribution in [0.15, 0.2) is 35.2 Å². The monoisotopic (exact) mass is 387 g/mol. The van der Waals surface area contributed by atoms with Crippen LogP contribution in [-0.4, -0.2) is 39.8 Å². The van der Waals surface area contributed by atoms with Gasteiger partial charge in [-0.05, 0) is 32.0 Å². The number of amides is 3. The Morgan fingerprint density at radius 2 is 1.93 bits per heavy atom. The third kappa shape index (κ3) is 4.68. The van der Waals surface area contributed by atoms with Gasteiger partial charge in [0.2, 0.25) is 11.8 Å². The maximum Gasteiger partial charge on any atom is 0.260 e.